The number of rotatable bonds is 2. The summed E-state index contributed by atoms with van der Waals surface area (Å²) in [6.07, 6.45) is 0. The van der Waals surface area contributed by atoms with Crippen molar-refractivity contribution in [1.29, 1.82) is 0 Å². The Hall–Kier alpha value is -2.19. The Balaban J connectivity index is 2.07. The van der Waals surface area contributed by atoms with Crippen molar-refractivity contribution in [3.8, 4) is 0 Å². The molecular formula is C16H7Cl4N3O4. The van der Waals surface area contributed by atoms with Gasteiger partial charge in [0.25, 0.3) is 5.91 Å². The normalized spacial score (nSPS) is 14.3. The summed E-state index contributed by atoms with van der Waals surface area (Å²) in [6, 6.07) is 4.14. The van der Waals surface area contributed by atoms with Crippen LogP contribution in [0.5, 0.6) is 0 Å². The molecule has 11 heteroatoms. The van der Waals surface area contributed by atoms with Crippen LogP contribution in [0.25, 0.3) is 0 Å². The van der Waals surface area contributed by atoms with Crippen LogP contribution in [0.15, 0.2) is 24.3 Å². The number of hydrogen-bond donors (Lipinski definition) is 0. The fourth-order valence-electron chi connectivity index (χ4n) is 2.48. The van der Waals surface area contributed by atoms with E-state index < -0.39 is 23.8 Å². The summed E-state index contributed by atoms with van der Waals surface area (Å²) in [5, 5.41) is -0.118. The van der Waals surface area contributed by atoms with Crippen molar-refractivity contribution in [2.45, 2.75) is 6.92 Å². The second kappa shape index (κ2) is 7.09. The second-order valence-electron chi connectivity index (χ2n) is 5.39. The van der Waals surface area contributed by atoms with Gasteiger partial charge in [-0.05, 0) is 36.8 Å². The van der Waals surface area contributed by atoms with Gasteiger partial charge in [0.1, 0.15) is 10.3 Å². The van der Waals surface area contributed by atoms with Crippen molar-refractivity contribution in [2.75, 3.05) is 4.90 Å². The molecule has 5 amide bonds. The van der Waals surface area contributed by atoms with E-state index in [4.69, 9.17) is 46.4 Å². The first-order valence-electron chi connectivity index (χ1n) is 7.18. The molecule has 0 spiro atoms. The molecule has 2 aromatic rings. The molecule has 0 unspecified atom stereocenters. The highest BCUT2D eigenvalue weighted by Crippen LogP contribution is 2.33. The van der Waals surface area contributed by atoms with Crippen molar-refractivity contribution in [3.05, 3.63) is 55.7 Å². The molecule has 1 aliphatic heterocycles. The first-order chi connectivity index (χ1) is 12.6. The van der Waals surface area contributed by atoms with Crippen LogP contribution in [0.3, 0.4) is 0 Å². The summed E-state index contributed by atoms with van der Waals surface area (Å²) in [5.74, 6) is -3.72. The zero-order chi connectivity index (χ0) is 20.0. The van der Waals surface area contributed by atoms with Gasteiger partial charge >= 0.3 is 17.8 Å². The molecule has 1 saturated heterocycles. The molecule has 0 radical (unpaired) electrons. The Morgan fingerprint density at radius 3 is 2.30 bits per heavy atom. The fraction of sp³-hybridized carbons (Fsp3) is 0.0625. The smallest absolute Gasteiger partial charge is 0.268 e. The van der Waals surface area contributed by atoms with Crippen LogP contribution < -0.4 is 4.90 Å². The highest BCUT2D eigenvalue weighted by Gasteiger charge is 2.50. The number of aryl methyl sites for hydroxylation is 1. The largest absolute Gasteiger partial charge is 0.346 e. The lowest BCUT2D eigenvalue weighted by atomic mass is 10.1. The third-order valence-electron chi connectivity index (χ3n) is 3.68. The number of urea groups is 1. The molecule has 7 nitrogen and oxygen atoms in total. The highest BCUT2D eigenvalue weighted by atomic mass is 35.5. The molecular weight excluding hydrogens is 440 g/mol. The van der Waals surface area contributed by atoms with Gasteiger partial charge in [-0.2, -0.15) is 4.90 Å². The molecule has 1 aromatic carbocycles. The van der Waals surface area contributed by atoms with E-state index in [0.717, 1.165) is 0 Å². The van der Waals surface area contributed by atoms with Crippen molar-refractivity contribution >= 4 is 75.8 Å². The van der Waals surface area contributed by atoms with Gasteiger partial charge in [0, 0.05) is 5.02 Å². The molecule has 0 saturated carbocycles. The van der Waals surface area contributed by atoms with E-state index >= 15 is 0 Å². The molecule has 0 atom stereocenters. The highest BCUT2D eigenvalue weighted by molar-refractivity contribution is 6.57. The molecule has 3 rings (SSSR count). The Bertz CT molecular complexity index is 1020. The van der Waals surface area contributed by atoms with Crippen LogP contribution in [0, 0.1) is 6.92 Å². The standard InChI is InChI=1S/C16H7Cl4N3O4/c1-6-4-10(19)21-12(20)11(6)13(24)23-15(26)14(25)22(16(23)27)9-5-7(17)2-3-8(9)18/h2-5H,1H3. The van der Waals surface area contributed by atoms with Gasteiger partial charge in [0.2, 0.25) is 0 Å². The predicted octanol–water partition coefficient (Wildman–Crippen LogP) is 4.14. The van der Waals surface area contributed by atoms with E-state index in [1.807, 2.05) is 0 Å². The molecule has 138 valence electrons. The van der Waals surface area contributed by atoms with Crippen molar-refractivity contribution in [3.63, 3.8) is 0 Å². The molecule has 27 heavy (non-hydrogen) atoms. The number of benzene rings is 1. The number of amides is 5. The molecule has 2 heterocycles. The van der Waals surface area contributed by atoms with Crippen LogP contribution in [-0.2, 0) is 9.59 Å². The lowest BCUT2D eigenvalue weighted by molar-refractivity contribution is -0.138. The zero-order valence-corrected chi connectivity index (χ0v) is 16.3. The minimum Gasteiger partial charge on any atom is -0.268 e. The minimum absolute atomic E-state index is 0.00873. The summed E-state index contributed by atoms with van der Waals surface area (Å²) in [5.41, 5.74) is -0.0771. The zero-order valence-electron chi connectivity index (χ0n) is 13.3. The number of carbonyl (C=O) groups excluding carboxylic acids is 4. The van der Waals surface area contributed by atoms with E-state index in [-0.39, 0.29) is 42.1 Å². The van der Waals surface area contributed by atoms with E-state index in [1.54, 1.807) is 0 Å². The van der Waals surface area contributed by atoms with Crippen LogP contribution in [0.4, 0.5) is 10.5 Å². The Labute approximate surface area is 172 Å². The number of imide groups is 4. The van der Waals surface area contributed by atoms with Crippen molar-refractivity contribution in [2.24, 2.45) is 0 Å². The van der Waals surface area contributed by atoms with E-state index in [1.165, 1.54) is 31.2 Å². The molecule has 0 N–H and O–H groups in total. The maximum Gasteiger partial charge on any atom is 0.346 e. The fourth-order valence-corrected chi connectivity index (χ4v) is 3.46. The lowest BCUT2D eigenvalue weighted by Crippen LogP contribution is -2.38. The monoisotopic (exact) mass is 445 g/mol. The van der Waals surface area contributed by atoms with Gasteiger partial charge in [-0.3, -0.25) is 14.4 Å². The first kappa shape index (κ1) is 19.6. The predicted molar refractivity (Wildman–Crippen MR) is 99.5 cm³/mol. The Morgan fingerprint density at radius 1 is 1.00 bits per heavy atom. The summed E-state index contributed by atoms with van der Waals surface area (Å²) >= 11 is 23.6. The first-order valence-corrected chi connectivity index (χ1v) is 8.69. The minimum atomic E-state index is -1.36. The number of nitrogens with zero attached hydrogens (tertiary/aromatic N) is 3. The summed E-state index contributed by atoms with van der Waals surface area (Å²) in [4.78, 5) is 54.5. The van der Waals surface area contributed by atoms with E-state index in [0.29, 0.717) is 4.90 Å². The van der Waals surface area contributed by atoms with E-state index in [9.17, 15) is 19.2 Å². The number of pyridine rings is 1. The van der Waals surface area contributed by atoms with Gasteiger partial charge in [-0.1, -0.05) is 46.4 Å². The molecule has 0 bridgehead atoms. The third-order valence-corrected chi connectivity index (χ3v) is 4.70. The number of carbonyl (C=O) groups is 4. The maximum absolute atomic E-state index is 12.8. The quantitative estimate of drug-likeness (QED) is 0.299. The Kier molecular flexibility index (Phi) is 5.14. The summed E-state index contributed by atoms with van der Waals surface area (Å²) in [7, 11) is 0. The summed E-state index contributed by atoms with van der Waals surface area (Å²) in [6.45, 7) is 1.49. The topological polar surface area (TPSA) is 87.7 Å². The summed E-state index contributed by atoms with van der Waals surface area (Å²) < 4.78 is 0. The van der Waals surface area contributed by atoms with Gasteiger partial charge in [-0.15, -0.1) is 0 Å². The van der Waals surface area contributed by atoms with Crippen LogP contribution in [-0.4, -0.2) is 33.6 Å². The molecule has 0 aliphatic carbocycles. The van der Waals surface area contributed by atoms with Crippen molar-refractivity contribution < 1.29 is 19.2 Å². The number of anilines is 1. The molecule has 1 aliphatic rings. The molecule has 1 aromatic heterocycles. The number of halogens is 4. The van der Waals surface area contributed by atoms with Crippen LogP contribution >= 0.6 is 46.4 Å². The molecule has 1 fully saturated rings. The number of hydrogen-bond acceptors (Lipinski definition) is 5. The van der Waals surface area contributed by atoms with Gasteiger partial charge < -0.3 is 0 Å². The average molecular weight is 447 g/mol. The average Bonchev–Trinajstić information content (AvgIpc) is 2.78. The van der Waals surface area contributed by atoms with Crippen LogP contribution in [0.1, 0.15) is 15.9 Å². The van der Waals surface area contributed by atoms with E-state index in [2.05, 4.69) is 4.98 Å². The van der Waals surface area contributed by atoms with Gasteiger partial charge in [0.05, 0.1) is 16.3 Å². The SMILES string of the molecule is Cc1cc(Cl)nc(Cl)c1C(=O)N1C(=O)C(=O)N(c2cc(Cl)ccc2Cl)C1=O. The van der Waals surface area contributed by atoms with Gasteiger partial charge in [-0.25, -0.2) is 14.7 Å². The third kappa shape index (κ3) is 3.27. The Morgan fingerprint density at radius 2 is 1.67 bits per heavy atom. The van der Waals surface area contributed by atoms with Gasteiger partial charge in [0.15, 0.2) is 0 Å². The van der Waals surface area contributed by atoms with Crippen molar-refractivity contribution in [1.82, 2.24) is 9.88 Å². The second-order valence-corrected chi connectivity index (χ2v) is 6.98. The lowest BCUT2D eigenvalue weighted by Gasteiger charge is -2.17. The number of aromatic nitrogens is 1. The maximum atomic E-state index is 12.8. The van der Waals surface area contributed by atoms with Crippen LogP contribution in [0.2, 0.25) is 20.4 Å².